The van der Waals surface area contributed by atoms with Crippen LogP contribution in [-0.2, 0) is 4.74 Å². The highest BCUT2D eigenvalue weighted by atomic mass is 16.5. The van der Waals surface area contributed by atoms with Crippen LogP contribution in [0.4, 0.5) is 0 Å². The molecule has 2 aromatic carbocycles. The largest absolute Gasteiger partial charge is 0.378 e. The van der Waals surface area contributed by atoms with Crippen molar-refractivity contribution in [2.45, 2.75) is 19.8 Å². The number of aromatic nitrogens is 2. The van der Waals surface area contributed by atoms with Crippen molar-refractivity contribution in [3.8, 4) is 0 Å². The zero-order valence-electron chi connectivity index (χ0n) is 16.3. The third-order valence-electron chi connectivity index (χ3n) is 5.55. The summed E-state index contributed by atoms with van der Waals surface area (Å²) in [7, 11) is 0. The Balaban J connectivity index is 1.75. The Bertz CT molecular complexity index is 960. The first-order chi connectivity index (χ1) is 13.6. The number of benzene rings is 2. The van der Waals surface area contributed by atoms with Crippen LogP contribution in [0.2, 0.25) is 0 Å². The molecule has 0 saturated carbocycles. The summed E-state index contributed by atoms with van der Waals surface area (Å²) in [6.45, 7) is 6.77. The van der Waals surface area contributed by atoms with Crippen LogP contribution in [0.25, 0.3) is 0 Å². The average molecular weight is 375 g/mol. The lowest BCUT2D eigenvalue weighted by molar-refractivity contribution is 0.0303. The van der Waals surface area contributed by atoms with Gasteiger partial charge in [-0.05, 0) is 48.2 Å². The fourth-order valence-corrected chi connectivity index (χ4v) is 3.84. The van der Waals surface area contributed by atoms with Crippen LogP contribution in [0.1, 0.15) is 44.2 Å². The molecule has 1 aliphatic heterocycles. The number of H-pyrrole nitrogens is 1. The molecule has 1 saturated heterocycles. The molecule has 1 unspecified atom stereocenters. The number of amides is 1. The Kier molecular flexibility index (Phi) is 5.26. The van der Waals surface area contributed by atoms with Crippen LogP contribution < -0.4 is 0 Å². The lowest BCUT2D eigenvalue weighted by Crippen LogP contribution is -2.40. The van der Waals surface area contributed by atoms with Crippen LogP contribution >= 0.6 is 0 Å². The zero-order chi connectivity index (χ0) is 19.5. The van der Waals surface area contributed by atoms with E-state index in [4.69, 9.17) is 4.74 Å². The summed E-state index contributed by atoms with van der Waals surface area (Å²) in [5.41, 5.74) is 6.55. The van der Waals surface area contributed by atoms with E-state index in [2.05, 4.69) is 48.1 Å². The lowest BCUT2D eigenvalue weighted by Gasteiger charge is -2.27. The van der Waals surface area contributed by atoms with E-state index in [1.807, 2.05) is 29.3 Å². The van der Waals surface area contributed by atoms with E-state index in [0.717, 1.165) is 11.3 Å². The summed E-state index contributed by atoms with van der Waals surface area (Å²) in [6.07, 6.45) is 3.57. The maximum Gasteiger partial charge on any atom is 0.254 e. The monoisotopic (exact) mass is 375 g/mol. The molecule has 1 aromatic heterocycles. The third-order valence-corrected chi connectivity index (χ3v) is 5.55. The highest BCUT2D eigenvalue weighted by molar-refractivity contribution is 5.94. The number of morpholine rings is 1. The van der Waals surface area contributed by atoms with Crippen molar-refractivity contribution in [1.29, 1.82) is 0 Å². The molecule has 1 aliphatic rings. The van der Waals surface area contributed by atoms with E-state index >= 15 is 0 Å². The van der Waals surface area contributed by atoms with Crippen molar-refractivity contribution in [1.82, 2.24) is 14.9 Å². The molecular weight excluding hydrogens is 350 g/mol. The van der Waals surface area contributed by atoms with Gasteiger partial charge in [0.1, 0.15) is 0 Å². The van der Waals surface area contributed by atoms with E-state index in [1.54, 1.807) is 6.33 Å². The van der Waals surface area contributed by atoms with Gasteiger partial charge in [0.2, 0.25) is 0 Å². The summed E-state index contributed by atoms with van der Waals surface area (Å²) in [4.78, 5) is 22.3. The minimum absolute atomic E-state index is 0.000149. The number of aromatic amines is 1. The van der Waals surface area contributed by atoms with Gasteiger partial charge >= 0.3 is 0 Å². The summed E-state index contributed by atoms with van der Waals surface area (Å²) in [5.74, 6) is 0.0642. The van der Waals surface area contributed by atoms with Gasteiger partial charge < -0.3 is 14.6 Å². The van der Waals surface area contributed by atoms with E-state index in [0.29, 0.717) is 31.9 Å². The van der Waals surface area contributed by atoms with Gasteiger partial charge in [-0.3, -0.25) is 4.79 Å². The molecule has 1 amide bonds. The molecule has 0 aliphatic carbocycles. The highest BCUT2D eigenvalue weighted by Gasteiger charge is 2.23. The molecule has 1 atom stereocenters. The first-order valence-electron chi connectivity index (χ1n) is 9.66. The van der Waals surface area contributed by atoms with Gasteiger partial charge in [0, 0.05) is 30.5 Å². The van der Waals surface area contributed by atoms with Crippen molar-refractivity contribution in [3.05, 3.63) is 88.5 Å². The number of nitrogens with one attached hydrogen (secondary N) is 1. The highest BCUT2D eigenvalue weighted by Crippen LogP contribution is 2.34. The second-order valence-corrected chi connectivity index (χ2v) is 7.26. The first kappa shape index (κ1) is 18.4. The van der Waals surface area contributed by atoms with E-state index in [1.165, 1.54) is 16.7 Å². The maximum absolute atomic E-state index is 13.0. The van der Waals surface area contributed by atoms with Crippen LogP contribution in [0.3, 0.4) is 0 Å². The maximum atomic E-state index is 13.0. The molecule has 1 N–H and O–H groups in total. The van der Waals surface area contributed by atoms with Gasteiger partial charge in [0.15, 0.2) is 0 Å². The quantitative estimate of drug-likeness (QED) is 0.757. The summed E-state index contributed by atoms with van der Waals surface area (Å²) >= 11 is 0. The van der Waals surface area contributed by atoms with Gasteiger partial charge in [-0.1, -0.05) is 30.3 Å². The fraction of sp³-hybridized carbons (Fsp3) is 0.304. The molecule has 0 bridgehead atoms. The van der Waals surface area contributed by atoms with Gasteiger partial charge in [-0.15, -0.1) is 0 Å². The molecule has 0 radical (unpaired) electrons. The number of carbonyl (C=O) groups is 1. The Morgan fingerprint density at radius 3 is 2.68 bits per heavy atom. The lowest BCUT2D eigenvalue weighted by atomic mass is 9.84. The van der Waals surface area contributed by atoms with Crippen LogP contribution in [0.5, 0.6) is 0 Å². The Morgan fingerprint density at radius 2 is 1.93 bits per heavy atom. The first-order valence-corrected chi connectivity index (χ1v) is 9.66. The minimum atomic E-state index is -0.000149. The van der Waals surface area contributed by atoms with Gasteiger partial charge in [0.05, 0.1) is 25.5 Å². The SMILES string of the molecule is Cc1cccc(C(c2cccc(C(=O)N3CCOCC3)c2)c2cnc[nH]2)c1C. The Labute approximate surface area is 165 Å². The summed E-state index contributed by atoms with van der Waals surface area (Å²) in [6, 6.07) is 14.3. The van der Waals surface area contributed by atoms with Crippen molar-refractivity contribution in [2.75, 3.05) is 26.3 Å². The Hall–Kier alpha value is -2.92. The van der Waals surface area contributed by atoms with Gasteiger partial charge in [-0.25, -0.2) is 4.98 Å². The topological polar surface area (TPSA) is 58.2 Å². The number of carbonyl (C=O) groups excluding carboxylic acids is 1. The number of aryl methyl sites for hydroxylation is 1. The molecule has 0 spiro atoms. The molecular formula is C23H25N3O2. The van der Waals surface area contributed by atoms with Crippen LogP contribution in [-0.4, -0.2) is 47.1 Å². The van der Waals surface area contributed by atoms with Crippen molar-refractivity contribution < 1.29 is 9.53 Å². The molecule has 1 fully saturated rings. The number of hydrogen-bond acceptors (Lipinski definition) is 3. The molecule has 2 heterocycles. The molecule has 3 aromatic rings. The van der Waals surface area contributed by atoms with E-state index in [-0.39, 0.29) is 11.8 Å². The van der Waals surface area contributed by atoms with Crippen molar-refractivity contribution in [2.24, 2.45) is 0 Å². The van der Waals surface area contributed by atoms with Gasteiger partial charge in [-0.2, -0.15) is 0 Å². The van der Waals surface area contributed by atoms with E-state index < -0.39 is 0 Å². The average Bonchev–Trinajstić information content (AvgIpc) is 3.26. The summed E-state index contributed by atoms with van der Waals surface area (Å²) in [5, 5.41) is 0. The fourth-order valence-electron chi connectivity index (χ4n) is 3.84. The predicted molar refractivity (Wildman–Crippen MR) is 109 cm³/mol. The molecule has 144 valence electrons. The zero-order valence-corrected chi connectivity index (χ0v) is 16.3. The standard InChI is InChI=1S/C23H25N3O2/c1-16-5-3-8-20(17(16)2)22(21-14-24-15-25-21)18-6-4-7-19(13-18)23(27)26-9-11-28-12-10-26/h3-8,13-15,22H,9-12H2,1-2H3,(H,24,25). The third kappa shape index (κ3) is 3.58. The van der Waals surface area contributed by atoms with Crippen LogP contribution in [0.15, 0.2) is 55.0 Å². The number of ether oxygens (including phenoxy) is 1. The van der Waals surface area contributed by atoms with Gasteiger partial charge in [0.25, 0.3) is 5.91 Å². The molecule has 5 heteroatoms. The Morgan fingerprint density at radius 1 is 1.14 bits per heavy atom. The smallest absolute Gasteiger partial charge is 0.254 e. The second kappa shape index (κ2) is 7.98. The number of imidazole rings is 1. The minimum Gasteiger partial charge on any atom is -0.378 e. The van der Waals surface area contributed by atoms with Crippen molar-refractivity contribution >= 4 is 5.91 Å². The molecule has 5 nitrogen and oxygen atoms in total. The molecule has 4 rings (SSSR count). The predicted octanol–water partition coefficient (Wildman–Crippen LogP) is 3.68. The van der Waals surface area contributed by atoms with Crippen molar-refractivity contribution in [3.63, 3.8) is 0 Å². The van der Waals surface area contributed by atoms with Crippen LogP contribution in [0, 0.1) is 13.8 Å². The number of nitrogens with zero attached hydrogens (tertiary/aromatic N) is 2. The van der Waals surface area contributed by atoms with E-state index in [9.17, 15) is 4.79 Å². The second-order valence-electron chi connectivity index (χ2n) is 7.26. The number of hydrogen-bond donors (Lipinski definition) is 1. The normalized spacial score (nSPS) is 15.4. The number of rotatable bonds is 4. The summed E-state index contributed by atoms with van der Waals surface area (Å²) < 4.78 is 5.37. The molecule has 28 heavy (non-hydrogen) atoms.